The second-order valence-corrected chi connectivity index (χ2v) is 10.4. The smallest absolute Gasteiger partial charge is 0.251 e. The Morgan fingerprint density at radius 2 is 2.03 bits per heavy atom. The maximum Gasteiger partial charge on any atom is 0.251 e. The van der Waals surface area contributed by atoms with Crippen molar-refractivity contribution in [3.05, 3.63) is 65.1 Å². The summed E-state index contributed by atoms with van der Waals surface area (Å²) in [6.45, 7) is 7.92. The van der Waals surface area contributed by atoms with E-state index in [2.05, 4.69) is 27.1 Å². The number of hydrogen-bond acceptors (Lipinski definition) is 8. The van der Waals surface area contributed by atoms with Gasteiger partial charge in [0.2, 0.25) is 0 Å². The molecule has 1 aromatic carbocycles. The van der Waals surface area contributed by atoms with Gasteiger partial charge in [-0.3, -0.25) is 9.69 Å². The molecular formula is C27H34FN5O3S. The number of thiophene rings is 1. The molecule has 1 atom stereocenters. The zero-order valence-corrected chi connectivity index (χ0v) is 22.1. The topological polar surface area (TPSA) is 104 Å². The highest BCUT2D eigenvalue weighted by atomic mass is 32.1. The molecule has 0 saturated carbocycles. The van der Waals surface area contributed by atoms with Gasteiger partial charge in [-0.25, -0.2) is 9.37 Å². The van der Waals surface area contributed by atoms with Gasteiger partial charge in [0.1, 0.15) is 16.6 Å². The number of carbonyl (C=O) groups is 1. The minimum atomic E-state index is -0.612. The third-order valence-electron chi connectivity index (χ3n) is 6.55. The lowest BCUT2D eigenvalue weighted by atomic mass is 9.99. The molecular weight excluding hydrogens is 493 g/mol. The number of carbonyl (C=O) groups excluding carboxylic acids is 1. The van der Waals surface area contributed by atoms with E-state index < -0.39 is 11.7 Å². The van der Waals surface area contributed by atoms with Crippen LogP contribution in [0.2, 0.25) is 0 Å². The zero-order valence-electron chi connectivity index (χ0n) is 21.2. The number of hydrogen-bond donors (Lipinski definition) is 3. The highest BCUT2D eigenvalue weighted by molar-refractivity contribution is 7.19. The van der Waals surface area contributed by atoms with Crippen molar-refractivity contribution in [2.24, 2.45) is 5.73 Å². The molecule has 1 saturated heterocycles. The summed E-state index contributed by atoms with van der Waals surface area (Å²) in [5.74, 6) is -0.655. The first-order valence-electron chi connectivity index (χ1n) is 12.4. The van der Waals surface area contributed by atoms with Crippen LogP contribution in [0.25, 0.3) is 10.4 Å². The van der Waals surface area contributed by atoms with Gasteiger partial charge in [0, 0.05) is 55.7 Å². The predicted octanol–water partition coefficient (Wildman–Crippen LogP) is 3.65. The van der Waals surface area contributed by atoms with Crippen molar-refractivity contribution in [1.29, 1.82) is 0 Å². The van der Waals surface area contributed by atoms with Crippen LogP contribution in [0.15, 0.2) is 42.5 Å². The summed E-state index contributed by atoms with van der Waals surface area (Å²) in [6.07, 6.45) is 0. The lowest BCUT2D eigenvalue weighted by Crippen LogP contribution is -2.45. The molecule has 0 bridgehead atoms. The van der Waals surface area contributed by atoms with Gasteiger partial charge < -0.3 is 25.8 Å². The summed E-state index contributed by atoms with van der Waals surface area (Å²) in [6, 6.07) is 12.0. The third kappa shape index (κ3) is 7.12. The third-order valence-corrected chi connectivity index (χ3v) is 7.63. The van der Waals surface area contributed by atoms with Crippen molar-refractivity contribution < 1.29 is 19.0 Å². The molecule has 1 aliphatic rings. The molecule has 8 nitrogen and oxygen atoms in total. The van der Waals surface area contributed by atoms with Gasteiger partial charge in [-0.05, 0) is 36.9 Å². The monoisotopic (exact) mass is 527 g/mol. The highest BCUT2D eigenvalue weighted by Gasteiger charge is 2.19. The standard InChI is InChI=1S/C27H34FN5O3S/c1-18(16-34)19-6-7-21(23(28)14-19)24-15-22(26(29)35)27(37-24)31-25-5-3-4-20(30-25)17-36-13-12-33-10-8-32(2)9-11-33/h3-7,14-15,18,34H,8-13,16-17H2,1-2H3,(H2,29,35)(H,30,31). The average Bonchev–Trinajstić information content (AvgIpc) is 3.31. The van der Waals surface area contributed by atoms with Crippen molar-refractivity contribution in [1.82, 2.24) is 14.8 Å². The van der Waals surface area contributed by atoms with Gasteiger partial charge in [-0.2, -0.15) is 0 Å². The number of primary amides is 1. The number of aromatic nitrogens is 1. The molecule has 1 unspecified atom stereocenters. The number of amides is 1. The number of piperazine rings is 1. The van der Waals surface area contributed by atoms with Crippen molar-refractivity contribution in [3.8, 4) is 10.4 Å². The van der Waals surface area contributed by atoms with Gasteiger partial charge in [0.15, 0.2) is 0 Å². The zero-order chi connectivity index (χ0) is 26.4. The van der Waals surface area contributed by atoms with E-state index in [0.717, 1.165) is 38.4 Å². The molecule has 4 rings (SSSR count). The van der Waals surface area contributed by atoms with E-state index in [1.807, 2.05) is 19.1 Å². The fourth-order valence-electron chi connectivity index (χ4n) is 4.13. The van der Waals surface area contributed by atoms with E-state index >= 15 is 0 Å². The lowest BCUT2D eigenvalue weighted by molar-refractivity contribution is 0.0725. The molecule has 37 heavy (non-hydrogen) atoms. The number of halogens is 1. The van der Waals surface area contributed by atoms with Crippen molar-refractivity contribution in [2.45, 2.75) is 19.4 Å². The quantitative estimate of drug-likeness (QED) is 0.327. The van der Waals surface area contributed by atoms with Crippen LogP contribution < -0.4 is 11.1 Å². The van der Waals surface area contributed by atoms with Gasteiger partial charge in [-0.15, -0.1) is 11.3 Å². The number of aliphatic hydroxyl groups is 1. The first kappa shape index (κ1) is 27.2. The Morgan fingerprint density at radius 3 is 2.73 bits per heavy atom. The molecule has 3 aromatic rings. The summed E-state index contributed by atoms with van der Waals surface area (Å²) in [4.78, 5) is 22.0. The largest absolute Gasteiger partial charge is 0.396 e. The van der Waals surface area contributed by atoms with Crippen LogP contribution in [0.3, 0.4) is 0 Å². The molecule has 2 aromatic heterocycles. The Labute approximate surface area is 220 Å². The lowest BCUT2D eigenvalue weighted by Gasteiger charge is -2.32. The van der Waals surface area contributed by atoms with Crippen LogP contribution in [-0.2, 0) is 11.3 Å². The number of rotatable bonds is 11. The Kier molecular flexibility index (Phi) is 9.23. The molecule has 3 heterocycles. The van der Waals surface area contributed by atoms with Crippen LogP contribution in [0.1, 0.15) is 34.5 Å². The van der Waals surface area contributed by atoms with Crippen LogP contribution in [-0.4, -0.2) is 78.8 Å². The molecule has 1 amide bonds. The second kappa shape index (κ2) is 12.6. The number of nitrogens with one attached hydrogen (secondary N) is 1. The maximum atomic E-state index is 14.9. The molecule has 1 fully saturated rings. The normalized spacial score (nSPS) is 15.6. The Morgan fingerprint density at radius 1 is 1.24 bits per heavy atom. The summed E-state index contributed by atoms with van der Waals surface area (Å²) in [7, 11) is 2.14. The minimum Gasteiger partial charge on any atom is -0.396 e. The molecule has 10 heteroatoms. The number of nitrogens with zero attached hydrogens (tertiary/aromatic N) is 3. The van der Waals surface area contributed by atoms with Crippen molar-refractivity contribution in [2.75, 3.05) is 58.3 Å². The minimum absolute atomic E-state index is 0.0644. The fraction of sp³-hybridized carbons (Fsp3) is 0.407. The molecule has 0 radical (unpaired) electrons. The highest BCUT2D eigenvalue weighted by Crippen LogP contribution is 2.38. The number of aliphatic hydroxyl groups excluding tert-OH is 1. The average molecular weight is 528 g/mol. The number of anilines is 2. The fourth-order valence-corrected chi connectivity index (χ4v) is 5.23. The number of ether oxygens (including phenoxy) is 1. The first-order valence-corrected chi connectivity index (χ1v) is 13.2. The maximum absolute atomic E-state index is 14.9. The van der Waals surface area contributed by atoms with E-state index in [1.54, 1.807) is 24.3 Å². The van der Waals surface area contributed by atoms with Gasteiger partial charge in [0.25, 0.3) is 5.91 Å². The number of nitrogens with two attached hydrogens (primary N) is 1. The van der Waals surface area contributed by atoms with Crippen molar-refractivity contribution in [3.63, 3.8) is 0 Å². The van der Waals surface area contributed by atoms with Crippen LogP contribution in [0.4, 0.5) is 15.2 Å². The Balaban J connectivity index is 1.42. The van der Waals surface area contributed by atoms with E-state index in [1.165, 1.54) is 17.4 Å². The second-order valence-electron chi connectivity index (χ2n) is 9.38. The SMILES string of the molecule is CC(CO)c1ccc(-c2cc(C(N)=O)c(Nc3cccc(COCCN4CCN(C)CC4)n3)s2)c(F)c1. The molecule has 198 valence electrons. The number of pyridine rings is 1. The molecule has 0 aliphatic carbocycles. The number of likely N-dealkylation sites (N-methyl/N-ethyl adjacent to an activating group) is 1. The van der Waals surface area contributed by atoms with E-state index in [9.17, 15) is 14.3 Å². The summed E-state index contributed by atoms with van der Waals surface area (Å²) < 4.78 is 20.7. The van der Waals surface area contributed by atoms with E-state index in [-0.39, 0.29) is 18.1 Å². The van der Waals surface area contributed by atoms with E-state index in [4.69, 9.17) is 10.5 Å². The Hall–Kier alpha value is -2.89. The van der Waals surface area contributed by atoms with Crippen molar-refractivity contribution >= 4 is 28.1 Å². The summed E-state index contributed by atoms with van der Waals surface area (Å²) in [5.41, 5.74) is 7.72. The van der Waals surface area contributed by atoms with Crippen LogP contribution in [0.5, 0.6) is 0 Å². The Bertz CT molecular complexity index is 1210. The predicted molar refractivity (Wildman–Crippen MR) is 145 cm³/mol. The van der Waals surface area contributed by atoms with E-state index in [0.29, 0.717) is 40.0 Å². The van der Waals surface area contributed by atoms with Gasteiger partial charge in [-0.1, -0.05) is 25.1 Å². The molecule has 0 spiro atoms. The number of benzene rings is 1. The van der Waals surface area contributed by atoms with Gasteiger partial charge >= 0.3 is 0 Å². The summed E-state index contributed by atoms with van der Waals surface area (Å²) in [5, 5.41) is 13.0. The van der Waals surface area contributed by atoms with Crippen LogP contribution >= 0.6 is 11.3 Å². The molecule has 4 N–H and O–H groups in total. The first-order chi connectivity index (χ1) is 17.8. The molecule has 1 aliphatic heterocycles. The van der Waals surface area contributed by atoms with Gasteiger partial charge in [0.05, 0.1) is 24.5 Å². The van der Waals surface area contributed by atoms with Crippen LogP contribution in [0, 0.1) is 5.82 Å². The summed E-state index contributed by atoms with van der Waals surface area (Å²) >= 11 is 1.23.